The molecule has 3 aromatic carbocycles. The number of nitrogens with one attached hydrogen (secondary N) is 1. The van der Waals surface area contributed by atoms with E-state index >= 15 is 0 Å². The maximum absolute atomic E-state index is 14.0. The van der Waals surface area contributed by atoms with Crippen molar-refractivity contribution in [1.29, 1.82) is 0 Å². The molecule has 0 saturated heterocycles. The molecule has 0 aromatic heterocycles. The number of sulfonamides is 1. The molecule has 8 heteroatoms. The van der Waals surface area contributed by atoms with E-state index in [0.29, 0.717) is 12.1 Å². The normalized spacial score (nSPS) is 12.1. The molecule has 0 aliphatic rings. The second-order valence-electron chi connectivity index (χ2n) is 9.60. The van der Waals surface area contributed by atoms with Crippen molar-refractivity contribution in [3.05, 3.63) is 94.5 Å². The number of hydrogen-bond acceptors (Lipinski definition) is 4. The lowest BCUT2D eigenvalue weighted by Gasteiger charge is -2.33. The number of benzene rings is 3. The third-order valence-corrected chi connectivity index (χ3v) is 8.52. The van der Waals surface area contributed by atoms with Gasteiger partial charge in [0.05, 0.1) is 10.6 Å². The SMILES string of the molecule is CC[C@H](C(=O)NC)N(Cc1ccccc1C)C(=O)CN(c1ccc(C)cc1C)S(=O)(=O)c1ccc(C)cc1. The molecule has 0 aliphatic carbocycles. The Balaban J connectivity index is 2.11. The van der Waals surface area contributed by atoms with Gasteiger partial charge >= 0.3 is 0 Å². The molecule has 0 aliphatic heterocycles. The summed E-state index contributed by atoms with van der Waals surface area (Å²) < 4.78 is 29.1. The molecular formula is C30H37N3O4S. The number of carbonyl (C=O) groups excluding carboxylic acids is 2. The number of anilines is 1. The van der Waals surface area contributed by atoms with E-state index in [1.165, 1.54) is 11.9 Å². The monoisotopic (exact) mass is 535 g/mol. The molecule has 0 bridgehead atoms. The summed E-state index contributed by atoms with van der Waals surface area (Å²) in [5.41, 5.74) is 4.94. The van der Waals surface area contributed by atoms with Crippen molar-refractivity contribution < 1.29 is 18.0 Å². The van der Waals surface area contributed by atoms with E-state index in [9.17, 15) is 18.0 Å². The van der Waals surface area contributed by atoms with E-state index in [1.54, 1.807) is 30.3 Å². The number of carbonyl (C=O) groups is 2. The number of nitrogens with zero attached hydrogens (tertiary/aromatic N) is 2. The maximum atomic E-state index is 14.0. The van der Waals surface area contributed by atoms with Crippen molar-refractivity contribution in [2.24, 2.45) is 0 Å². The van der Waals surface area contributed by atoms with Gasteiger partial charge in [0.25, 0.3) is 10.0 Å². The summed E-state index contributed by atoms with van der Waals surface area (Å²) in [6.07, 6.45) is 0.381. The van der Waals surface area contributed by atoms with E-state index in [0.717, 1.165) is 32.1 Å². The molecule has 1 atom stereocenters. The van der Waals surface area contributed by atoms with Gasteiger partial charge in [-0.25, -0.2) is 8.42 Å². The summed E-state index contributed by atoms with van der Waals surface area (Å²) in [7, 11) is -2.56. The van der Waals surface area contributed by atoms with Crippen LogP contribution in [0.15, 0.2) is 71.6 Å². The van der Waals surface area contributed by atoms with Gasteiger partial charge in [0, 0.05) is 13.6 Å². The number of hydrogen-bond donors (Lipinski definition) is 1. The first-order valence-corrected chi connectivity index (χ1v) is 14.2. The molecule has 3 aromatic rings. The van der Waals surface area contributed by atoms with Crippen LogP contribution in [0.4, 0.5) is 5.69 Å². The van der Waals surface area contributed by atoms with Crippen LogP contribution in [0.2, 0.25) is 0 Å². The molecule has 0 fully saturated rings. The Kier molecular flexibility index (Phi) is 9.33. The summed E-state index contributed by atoms with van der Waals surface area (Å²) >= 11 is 0. The predicted molar refractivity (Wildman–Crippen MR) is 152 cm³/mol. The van der Waals surface area contributed by atoms with Crippen molar-refractivity contribution >= 4 is 27.5 Å². The molecule has 0 heterocycles. The number of likely N-dealkylation sites (N-methyl/N-ethyl adjacent to an activating group) is 1. The van der Waals surface area contributed by atoms with Crippen LogP contribution < -0.4 is 9.62 Å². The fourth-order valence-electron chi connectivity index (χ4n) is 4.49. The van der Waals surface area contributed by atoms with Gasteiger partial charge in [0.1, 0.15) is 12.6 Å². The highest BCUT2D eigenvalue weighted by atomic mass is 32.2. The van der Waals surface area contributed by atoms with Gasteiger partial charge in [-0.05, 0) is 69.0 Å². The minimum absolute atomic E-state index is 0.0969. The van der Waals surface area contributed by atoms with Gasteiger partial charge < -0.3 is 10.2 Å². The lowest BCUT2D eigenvalue weighted by atomic mass is 10.1. The quantitative estimate of drug-likeness (QED) is 0.409. The Labute approximate surface area is 226 Å². The average molecular weight is 536 g/mol. The van der Waals surface area contributed by atoms with Gasteiger partial charge in [0.15, 0.2) is 0 Å². The zero-order valence-corrected chi connectivity index (χ0v) is 23.8. The Bertz CT molecular complexity index is 1400. The topological polar surface area (TPSA) is 86.8 Å². The van der Waals surface area contributed by atoms with Gasteiger partial charge in [-0.2, -0.15) is 0 Å². The van der Waals surface area contributed by atoms with Gasteiger partial charge in [-0.15, -0.1) is 0 Å². The summed E-state index contributed by atoms with van der Waals surface area (Å²) in [5, 5.41) is 2.65. The van der Waals surface area contributed by atoms with E-state index in [1.807, 2.05) is 71.0 Å². The average Bonchev–Trinajstić information content (AvgIpc) is 2.88. The fraction of sp³-hybridized carbons (Fsp3) is 0.333. The van der Waals surface area contributed by atoms with Gasteiger partial charge in [-0.1, -0.05) is 66.6 Å². The number of rotatable bonds is 10. The van der Waals surface area contributed by atoms with Crippen LogP contribution in [0.1, 0.15) is 41.2 Å². The fourth-order valence-corrected chi connectivity index (χ4v) is 5.97. The Hall–Kier alpha value is -3.65. The van der Waals surface area contributed by atoms with Gasteiger partial charge in [-0.3, -0.25) is 13.9 Å². The minimum atomic E-state index is -4.09. The van der Waals surface area contributed by atoms with Crippen LogP contribution in [0, 0.1) is 27.7 Å². The van der Waals surface area contributed by atoms with Crippen LogP contribution >= 0.6 is 0 Å². The van der Waals surface area contributed by atoms with Crippen molar-refractivity contribution in [1.82, 2.24) is 10.2 Å². The van der Waals surface area contributed by atoms with Crippen LogP contribution in [-0.2, 0) is 26.2 Å². The molecule has 0 unspecified atom stereocenters. The molecule has 0 radical (unpaired) electrons. The lowest BCUT2D eigenvalue weighted by molar-refractivity contribution is -0.140. The highest BCUT2D eigenvalue weighted by molar-refractivity contribution is 7.92. The largest absolute Gasteiger partial charge is 0.357 e. The highest BCUT2D eigenvalue weighted by Crippen LogP contribution is 2.28. The summed E-state index contributed by atoms with van der Waals surface area (Å²) in [4.78, 5) is 28.4. The van der Waals surface area contributed by atoms with E-state index in [-0.39, 0.29) is 17.3 Å². The smallest absolute Gasteiger partial charge is 0.264 e. The van der Waals surface area contributed by atoms with Gasteiger partial charge in [0.2, 0.25) is 11.8 Å². The second kappa shape index (κ2) is 12.3. The summed E-state index contributed by atoms with van der Waals surface area (Å²) in [6, 6.07) is 18.9. The maximum Gasteiger partial charge on any atom is 0.264 e. The van der Waals surface area contributed by atoms with Crippen LogP contribution in [-0.4, -0.2) is 44.8 Å². The van der Waals surface area contributed by atoms with Crippen molar-refractivity contribution in [3.8, 4) is 0 Å². The van der Waals surface area contributed by atoms with Crippen LogP contribution in [0.5, 0.6) is 0 Å². The molecule has 0 spiro atoms. The zero-order chi connectivity index (χ0) is 28.0. The highest BCUT2D eigenvalue weighted by Gasteiger charge is 2.34. The van der Waals surface area contributed by atoms with E-state index in [2.05, 4.69) is 5.32 Å². The Morgan fingerprint density at radius 1 is 0.868 bits per heavy atom. The molecule has 1 N–H and O–H groups in total. The number of aryl methyl sites for hydroxylation is 4. The van der Waals surface area contributed by atoms with Crippen LogP contribution in [0.3, 0.4) is 0 Å². The summed E-state index contributed by atoms with van der Waals surface area (Å²) in [6.45, 7) is 9.16. The third-order valence-electron chi connectivity index (χ3n) is 6.74. The van der Waals surface area contributed by atoms with E-state index < -0.39 is 28.5 Å². The predicted octanol–water partition coefficient (Wildman–Crippen LogP) is 4.67. The van der Waals surface area contributed by atoms with Crippen molar-refractivity contribution in [3.63, 3.8) is 0 Å². The first kappa shape index (κ1) is 28.9. The van der Waals surface area contributed by atoms with Crippen LogP contribution in [0.25, 0.3) is 0 Å². The zero-order valence-electron chi connectivity index (χ0n) is 23.0. The summed E-state index contributed by atoms with van der Waals surface area (Å²) in [5.74, 6) is -0.756. The minimum Gasteiger partial charge on any atom is -0.357 e. The van der Waals surface area contributed by atoms with Crippen molar-refractivity contribution in [2.45, 2.75) is 58.5 Å². The molecule has 2 amide bonds. The molecule has 202 valence electrons. The first-order chi connectivity index (χ1) is 18.0. The first-order valence-electron chi connectivity index (χ1n) is 12.7. The lowest BCUT2D eigenvalue weighted by Crippen LogP contribution is -2.52. The molecule has 0 saturated carbocycles. The Morgan fingerprint density at radius 2 is 1.50 bits per heavy atom. The Morgan fingerprint density at radius 3 is 2.08 bits per heavy atom. The molecular weight excluding hydrogens is 498 g/mol. The van der Waals surface area contributed by atoms with Crippen molar-refractivity contribution in [2.75, 3.05) is 17.9 Å². The van der Waals surface area contributed by atoms with E-state index in [4.69, 9.17) is 0 Å². The molecule has 38 heavy (non-hydrogen) atoms. The molecule has 7 nitrogen and oxygen atoms in total. The third kappa shape index (κ3) is 6.42. The standard InChI is InChI=1S/C30H37N3O4S/c1-7-27(30(35)31-6)32(19-25-11-9-8-10-23(25)4)29(34)20-33(28-17-14-22(3)18-24(28)5)38(36,37)26-15-12-21(2)13-16-26/h8-18,27H,7,19-20H2,1-6H3,(H,31,35)/t27-/m1/s1. The molecule has 3 rings (SSSR count). The number of amides is 2. The second-order valence-corrected chi connectivity index (χ2v) is 11.5.